The molecule has 0 amide bonds. The predicted molar refractivity (Wildman–Crippen MR) is 58.4 cm³/mol. The van der Waals surface area contributed by atoms with Crippen molar-refractivity contribution in [3.05, 3.63) is 17.5 Å². The SMILES string of the molecule is Cc1c(CN[C@H]2CCC[C@@H]2O)cnn1C. The molecule has 1 aliphatic rings. The lowest BCUT2D eigenvalue weighted by molar-refractivity contribution is 0.148. The Morgan fingerprint density at radius 1 is 1.60 bits per heavy atom. The van der Waals surface area contributed by atoms with E-state index in [0.29, 0.717) is 0 Å². The molecule has 84 valence electrons. The zero-order valence-electron chi connectivity index (χ0n) is 9.40. The third-order valence-electron chi connectivity index (χ3n) is 3.37. The van der Waals surface area contributed by atoms with Crippen LogP contribution in [0.15, 0.2) is 6.20 Å². The summed E-state index contributed by atoms with van der Waals surface area (Å²) in [7, 11) is 1.95. The summed E-state index contributed by atoms with van der Waals surface area (Å²) in [4.78, 5) is 0. The molecule has 0 saturated heterocycles. The van der Waals surface area contributed by atoms with Gasteiger partial charge in [0, 0.05) is 30.9 Å². The quantitative estimate of drug-likeness (QED) is 0.771. The first-order chi connectivity index (χ1) is 7.18. The van der Waals surface area contributed by atoms with Gasteiger partial charge in [-0.1, -0.05) is 0 Å². The summed E-state index contributed by atoms with van der Waals surface area (Å²) in [5, 5.41) is 17.3. The van der Waals surface area contributed by atoms with Crippen LogP contribution in [0.3, 0.4) is 0 Å². The van der Waals surface area contributed by atoms with Crippen molar-refractivity contribution in [2.75, 3.05) is 0 Å². The van der Waals surface area contributed by atoms with Crippen molar-refractivity contribution < 1.29 is 5.11 Å². The first kappa shape index (κ1) is 10.6. The van der Waals surface area contributed by atoms with Gasteiger partial charge in [-0.05, 0) is 26.2 Å². The molecule has 1 aromatic rings. The van der Waals surface area contributed by atoms with Gasteiger partial charge in [-0.2, -0.15) is 5.10 Å². The van der Waals surface area contributed by atoms with Crippen LogP contribution in [0.4, 0.5) is 0 Å². The molecule has 4 heteroatoms. The van der Waals surface area contributed by atoms with Gasteiger partial charge in [-0.3, -0.25) is 4.68 Å². The highest BCUT2D eigenvalue weighted by Crippen LogP contribution is 2.19. The Morgan fingerprint density at radius 2 is 2.40 bits per heavy atom. The van der Waals surface area contributed by atoms with Crippen LogP contribution in [0.5, 0.6) is 0 Å². The molecule has 2 rings (SSSR count). The summed E-state index contributed by atoms with van der Waals surface area (Å²) in [6, 6.07) is 0.268. The number of nitrogens with one attached hydrogen (secondary N) is 1. The highest BCUT2D eigenvalue weighted by Gasteiger charge is 2.24. The monoisotopic (exact) mass is 209 g/mol. The maximum Gasteiger partial charge on any atom is 0.0693 e. The van der Waals surface area contributed by atoms with Crippen molar-refractivity contribution in [1.82, 2.24) is 15.1 Å². The van der Waals surface area contributed by atoms with Crippen LogP contribution >= 0.6 is 0 Å². The van der Waals surface area contributed by atoms with Crippen molar-refractivity contribution in [2.45, 2.75) is 44.9 Å². The van der Waals surface area contributed by atoms with E-state index in [0.717, 1.165) is 25.8 Å². The Kier molecular flexibility index (Phi) is 3.07. The Balaban J connectivity index is 1.90. The summed E-state index contributed by atoms with van der Waals surface area (Å²) in [6.45, 7) is 2.87. The number of nitrogens with zero attached hydrogens (tertiary/aromatic N) is 2. The van der Waals surface area contributed by atoms with Gasteiger partial charge in [-0.15, -0.1) is 0 Å². The fraction of sp³-hybridized carbons (Fsp3) is 0.727. The maximum absolute atomic E-state index is 9.66. The molecule has 15 heavy (non-hydrogen) atoms. The molecule has 1 aliphatic carbocycles. The molecule has 0 aliphatic heterocycles. The maximum atomic E-state index is 9.66. The highest BCUT2D eigenvalue weighted by atomic mass is 16.3. The number of aliphatic hydroxyl groups excluding tert-OH is 1. The highest BCUT2D eigenvalue weighted by molar-refractivity contribution is 5.15. The van der Waals surface area contributed by atoms with E-state index in [-0.39, 0.29) is 12.1 Å². The van der Waals surface area contributed by atoms with E-state index >= 15 is 0 Å². The van der Waals surface area contributed by atoms with Crippen molar-refractivity contribution >= 4 is 0 Å². The lowest BCUT2D eigenvalue weighted by Crippen LogP contribution is -2.35. The van der Waals surface area contributed by atoms with Crippen LogP contribution in [0.25, 0.3) is 0 Å². The number of rotatable bonds is 3. The molecule has 0 spiro atoms. The lowest BCUT2D eigenvalue weighted by atomic mass is 10.2. The summed E-state index contributed by atoms with van der Waals surface area (Å²) < 4.78 is 1.88. The van der Waals surface area contributed by atoms with Crippen LogP contribution in [0, 0.1) is 6.92 Å². The summed E-state index contributed by atoms with van der Waals surface area (Å²) >= 11 is 0. The fourth-order valence-corrected chi connectivity index (χ4v) is 2.14. The molecule has 0 unspecified atom stereocenters. The topological polar surface area (TPSA) is 50.1 Å². The van der Waals surface area contributed by atoms with E-state index in [1.807, 2.05) is 17.9 Å². The van der Waals surface area contributed by atoms with Gasteiger partial charge in [0.05, 0.1) is 12.3 Å². The molecule has 1 saturated carbocycles. The van der Waals surface area contributed by atoms with Crippen LogP contribution in [-0.4, -0.2) is 27.0 Å². The molecule has 0 aromatic carbocycles. The average molecular weight is 209 g/mol. The molecule has 0 bridgehead atoms. The molecule has 1 aromatic heterocycles. The fourth-order valence-electron chi connectivity index (χ4n) is 2.14. The molecule has 2 atom stereocenters. The number of hydrogen-bond acceptors (Lipinski definition) is 3. The van der Waals surface area contributed by atoms with E-state index < -0.39 is 0 Å². The van der Waals surface area contributed by atoms with E-state index in [4.69, 9.17) is 0 Å². The minimum atomic E-state index is -0.165. The largest absolute Gasteiger partial charge is 0.392 e. The first-order valence-electron chi connectivity index (χ1n) is 5.57. The van der Waals surface area contributed by atoms with Crippen molar-refractivity contribution in [1.29, 1.82) is 0 Å². The Hall–Kier alpha value is -0.870. The molecule has 4 nitrogen and oxygen atoms in total. The molecule has 0 radical (unpaired) electrons. The van der Waals surface area contributed by atoms with Crippen LogP contribution in [0.2, 0.25) is 0 Å². The first-order valence-corrected chi connectivity index (χ1v) is 5.57. The minimum absolute atomic E-state index is 0.165. The van der Waals surface area contributed by atoms with Crippen LogP contribution < -0.4 is 5.32 Å². The molecule has 1 heterocycles. The smallest absolute Gasteiger partial charge is 0.0693 e. The van der Waals surface area contributed by atoms with Gasteiger partial charge < -0.3 is 10.4 Å². The summed E-state index contributed by atoms with van der Waals surface area (Å²) in [6.07, 6.45) is 4.88. The standard InChI is InChI=1S/C11H19N3O/c1-8-9(7-13-14(8)2)6-12-10-4-3-5-11(10)15/h7,10-12,15H,3-6H2,1-2H3/t10-,11-/m0/s1. The predicted octanol–water partition coefficient (Wildman–Crippen LogP) is 0.732. The summed E-state index contributed by atoms with van der Waals surface area (Å²) in [5.74, 6) is 0. The normalized spacial score (nSPS) is 26.1. The van der Waals surface area contributed by atoms with Crippen molar-refractivity contribution in [3.63, 3.8) is 0 Å². The van der Waals surface area contributed by atoms with Crippen molar-refractivity contribution in [3.8, 4) is 0 Å². The second-order valence-electron chi connectivity index (χ2n) is 4.36. The van der Waals surface area contributed by atoms with E-state index in [2.05, 4.69) is 17.3 Å². The zero-order chi connectivity index (χ0) is 10.8. The third kappa shape index (κ3) is 2.21. The van der Waals surface area contributed by atoms with Crippen molar-refractivity contribution in [2.24, 2.45) is 7.05 Å². The van der Waals surface area contributed by atoms with E-state index in [1.54, 1.807) is 0 Å². The number of aromatic nitrogens is 2. The van der Waals surface area contributed by atoms with Gasteiger partial charge in [0.1, 0.15) is 0 Å². The minimum Gasteiger partial charge on any atom is -0.392 e. The number of hydrogen-bond donors (Lipinski definition) is 2. The molecule has 2 N–H and O–H groups in total. The molecule has 1 fully saturated rings. The second-order valence-corrected chi connectivity index (χ2v) is 4.36. The Labute approximate surface area is 90.3 Å². The molecular weight excluding hydrogens is 190 g/mol. The van der Waals surface area contributed by atoms with Gasteiger partial charge in [0.15, 0.2) is 0 Å². The average Bonchev–Trinajstić information content (AvgIpc) is 2.74. The van der Waals surface area contributed by atoms with Gasteiger partial charge in [0.25, 0.3) is 0 Å². The van der Waals surface area contributed by atoms with Crippen LogP contribution in [-0.2, 0) is 13.6 Å². The lowest BCUT2D eigenvalue weighted by Gasteiger charge is -2.15. The van der Waals surface area contributed by atoms with E-state index in [9.17, 15) is 5.11 Å². The second kappa shape index (κ2) is 4.33. The van der Waals surface area contributed by atoms with Gasteiger partial charge in [-0.25, -0.2) is 0 Å². The Morgan fingerprint density at radius 3 is 2.93 bits per heavy atom. The van der Waals surface area contributed by atoms with Crippen LogP contribution in [0.1, 0.15) is 30.5 Å². The number of aryl methyl sites for hydroxylation is 1. The Bertz CT molecular complexity index is 335. The number of aliphatic hydroxyl groups is 1. The van der Waals surface area contributed by atoms with Gasteiger partial charge >= 0.3 is 0 Å². The van der Waals surface area contributed by atoms with Gasteiger partial charge in [0.2, 0.25) is 0 Å². The third-order valence-corrected chi connectivity index (χ3v) is 3.37. The van der Waals surface area contributed by atoms with E-state index in [1.165, 1.54) is 11.3 Å². The summed E-state index contributed by atoms with van der Waals surface area (Å²) in [5.41, 5.74) is 2.41. The zero-order valence-corrected chi connectivity index (χ0v) is 9.40. The molecular formula is C11H19N3O.